The van der Waals surface area contributed by atoms with Gasteiger partial charge in [-0.05, 0) is 31.7 Å². The Hall–Kier alpha value is -1.11. The molecule has 2 unspecified atom stereocenters. The van der Waals surface area contributed by atoms with Gasteiger partial charge in [0.25, 0.3) is 0 Å². The Bertz CT molecular complexity index is 590. The molecule has 0 aromatic heterocycles. The number of thioether (sulfide) groups is 1. The van der Waals surface area contributed by atoms with Crippen molar-refractivity contribution in [3.63, 3.8) is 0 Å². The Morgan fingerprint density at radius 2 is 2.00 bits per heavy atom. The number of benzene rings is 1. The Morgan fingerprint density at radius 1 is 1.28 bits per heavy atom. The van der Waals surface area contributed by atoms with E-state index in [4.69, 9.17) is 12.2 Å². The van der Waals surface area contributed by atoms with Crippen LogP contribution in [0.5, 0.6) is 0 Å². The maximum Gasteiger partial charge on any atom is 0.233 e. The van der Waals surface area contributed by atoms with Crippen molar-refractivity contribution in [3.8, 4) is 0 Å². The van der Waals surface area contributed by atoms with Crippen molar-refractivity contribution in [2.24, 2.45) is 0 Å². The van der Waals surface area contributed by atoms with Gasteiger partial charge in [-0.15, -0.1) is 0 Å². The van der Waals surface area contributed by atoms with E-state index in [2.05, 4.69) is 39.4 Å². The lowest BCUT2D eigenvalue weighted by atomic mass is 10.2. The number of hydrogen-bond donors (Lipinski definition) is 1. The summed E-state index contributed by atoms with van der Waals surface area (Å²) in [6, 6.07) is 10.8. The van der Waals surface area contributed by atoms with Crippen LogP contribution < -0.4 is 5.32 Å². The highest BCUT2D eigenvalue weighted by Crippen LogP contribution is 2.21. The molecule has 2 aliphatic heterocycles. The fourth-order valence-electron chi connectivity index (χ4n) is 3.43. The molecule has 1 aromatic rings. The maximum absolute atomic E-state index is 12.5. The van der Waals surface area contributed by atoms with Crippen molar-refractivity contribution in [1.29, 1.82) is 0 Å². The number of nitrogens with zero attached hydrogens (tertiary/aromatic N) is 2. The maximum atomic E-state index is 12.5. The first kappa shape index (κ1) is 18.7. The van der Waals surface area contributed by atoms with E-state index in [-0.39, 0.29) is 17.2 Å². The Kier molecular flexibility index (Phi) is 6.73. The fourth-order valence-corrected chi connectivity index (χ4v) is 4.86. The summed E-state index contributed by atoms with van der Waals surface area (Å²) in [6.07, 6.45) is 3.44. The molecule has 0 bridgehead atoms. The van der Waals surface area contributed by atoms with Crippen molar-refractivity contribution in [3.05, 3.63) is 35.9 Å². The van der Waals surface area contributed by atoms with E-state index in [1.165, 1.54) is 30.2 Å². The first-order chi connectivity index (χ1) is 12.1. The van der Waals surface area contributed by atoms with Gasteiger partial charge in [-0.3, -0.25) is 9.69 Å². The lowest BCUT2D eigenvalue weighted by molar-refractivity contribution is -0.120. The van der Waals surface area contributed by atoms with Crippen LogP contribution in [0.3, 0.4) is 0 Å². The van der Waals surface area contributed by atoms with E-state index in [0.29, 0.717) is 0 Å². The molecule has 0 spiro atoms. The second-order valence-electron chi connectivity index (χ2n) is 6.94. The van der Waals surface area contributed by atoms with Crippen LogP contribution in [0.25, 0.3) is 0 Å². The van der Waals surface area contributed by atoms with Gasteiger partial charge in [0, 0.05) is 38.8 Å². The molecule has 2 aliphatic rings. The van der Waals surface area contributed by atoms with Crippen molar-refractivity contribution >= 4 is 34.2 Å². The molecule has 136 valence electrons. The van der Waals surface area contributed by atoms with Gasteiger partial charge in [0.05, 0.1) is 5.25 Å². The van der Waals surface area contributed by atoms with Crippen molar-refractivity contribution in [2.45, 2.75) is 44.0 Å². The van der Waals surface area contributed by atoms with E-state index in [0.717, 1.165) is 43.5 Å². The van der Waals surface area contributed by atoms with Gasteiger partial charge in [-0.2, -0.15) is 0 Å². The lowest BCUT2D eigenvalue weighted by Crippen LogP contribution is -2.41. The second kappa shape index (κ2) is 9.01. The molecule has 0 saturated carbocycles. The van der Waals surface area contributed by atoms with Crippen LogP contribution in [0, 0.1) is 0 Å². The SMILES string of the molecule is CC(SC(=S)N1CCCC1)C(=O)NC1CCN(Cc2ccccc2)C1. The first-order valence-corrected chi connectivity index (χ1v) is 10.4. The quantitative estimate of drug-likeness (QED) is 0.799. The molecule has 4 nitrogen and oxygen atoms in total. The van der Waals surface area contributed by atoms with Crippen LogP contribution in [0.1, 0.15) is 31.7 Å². The summed E-state index contributed by atoms with van der Waals surface area (Å²) in [5.74, 6) is 0.109. The van der Waals surface area contributed by atoms with Gasteiger partial charge >= 0.3 is 0 Å². The molecular formula is C19H27N3OS2. The van der Waals surface area contributed by atoms with Gasteiger partial charge in [-0.25, -0.2) is 0 Å². The summed E-state index contributed by atoms with van der Waals surface area (Å²) in [5, 5.41) is 3.08. The number of hydrogen-bond acceptors (Lipinski definition) is 4. The lowest BCUT2D eigenvalue weighted by Gasteiger charge is -2.22. The zero-order chi connectivity index (χ0) is 17.6. The molecule has 2 fully saturated rings. The minimum absolute atomic E-state index is 0.109. The zero-order valence-corrected chi connectivity index (χ0v) is 16.5. The number of nitrogens with one attached hydrogen (secondary N) is 1. The molecule has 1 aromatic carbocycles. The smallest absolute Gasteiger partial charge is 0.233 e. The molecule has 2 heterocycles. The molecule has 2 saturated heterocycles. The highest BCUT2D eigenvalue weighted by molar-refractivity contribution is 8.23. The summed E-state index contributed by atoms with van der Waals surface area (Å²) in [7, 11) is 0. The van der Waals surface area contributed by atoms with Gasteiger partial charge < -0.3 is 10.2 Å². The molecule has 6 heteroatoms. The van der Waals surface area contributed by atoms with Gasteiger partial charge in [0.2, 0.25) is 5.91 Å². The van der Waals surface area contributed by atoms with Crippen LogP contribution in [0.15, 0.2) is 30.3 Å². The minimum Gasteiger partial charge on any atom is -0.358 e. The topological polar surface area (TPSA) is 35.6 Å². The average molecular weight is 378 g/mol. The monoisotopic (exact) mass is 377 g/mol. The van der Waals surface area contributed by atoms with E-state index >= 15 is 0 Å². The first-order valence-electron chi connectivity index (χ1n) is 9.14. The molecule has 0 aliphatic carbocycles. The van der Waals surface area contributed by atoms with Crippen LogP contribution >= 0.6 is 24.0 Å². The van der Waals surface area contributed by atoms with Crippen molar-refractivity contribution in [2.75, 3.05) is 26.2 Å². The molecule has 1 amide bonds. The van der Waals surface area contributed by atoms with Crippen LogP contribution in [-0.2, 0) is 11.3 Å². The van der Waals surface area contributed by atoms with Crippen molar-refractivity contribution in [1.82, 2.24) is 15.1 Å². The highest BCUT2D eigenvalue weighted by atomic mass is 32.2. The molecule has 3 rings (SSSR count). The Balaban J connectivity index is 1.41. The normalized spacial score (nSPS) is 22.1. The predicted octanol–water partition coefficient (Wildman–Crippen LogP) is 2.88. The van der Waals surface area contributed by atoms with E-state index in [1.807, 2.05) is 13.0 Å². The number of carbonyl (C=O) groups excluding carboxylic acids is 1. The van der Waals surface area contributed by atoms with Crippen LogP contribution in [0.4, 0.5) is 0 Å². The Labute approximate surface area is 160 Å². The third kappa shape index (κ3) is 5.43. The summed E-state index contributed by atoms with van der Waals surface area (Å²) in [4.78, 5) is 17.1. The predicted molar refractivity (Wildman–Crippen MR) is 109 cm³/mol. The standard InChI is InChI=1S/C19H27N3OS2/c1-15(25-19(24)22-10-5-6-11-22)18(23)20-17-9-12-21(14-17)13-16-7-3-2-4-8-16/h2-4,7-8,15,17H,5-6,9-14H2,1H3,(H,20,23). The number of amides is 1. The molecule has 0 radical (unpaired) electrons. The Morgan fingerprint density at radius 3 is 2.72 bits per heavy atom. The van der Waals surface area contributed by atoms with Gasteiger partial charge in [-0.1, -0.05) is 54.3 Å². The molecule has 1 N–H and O–H groups in total. The van der Waals surface area contributed by atoms with Crippen molar-refractivity contribution < 1.29 is 4.79 Å². The number of thiocarbonyl (C=S) groups is 1. The minimum atomic E-state index is -0.128. The van der Waals surface area contributed by atoms with E-state index in [1.54, 1.807) is 0 Å². The molecule has 2 atom stereocenters. The summed E-state index contributed by atoms with van der Waals surface area (Å²) < 4.78 is 0.872. The molecular weight excluding hydrogens is 350 g/mol. The number of carbonyl (C=O) groups is 1. The zero-order valence-electron chi connectivity index (χ0n) is 14.8. The number of rotatable bonds is 5. The highest BCUT2D eigenvalue weighted by Gasteiger charge is 2.27. The third-order valence-electron chi connectivity index (χ3n) is 4.88. The summed E-state index contributed by atoms with van der Waals surface area (Å²) in [5.41, 5.74) is 1.33. The van der Waals surface area contributed by atoms with Gasteiger partial charge in [0.1, 0.15) is 4.32 Å². The molecule has 25 heavy (non-hydrogen) atoms. The van der Waals surface area contributed by atoms with Crippen LogP contribution in [-0.4, -0.2) is 57.5 Å². The van der Waals surface area contributed by atoms with Crippen LogP contribution in [0.2, 0.25) is 0 Å². The second-order valence-corrected chi connectivity index (χ2v) is 8.91. The third-order valence-corrected chi connectivity index (χ3v) is 6.45. The summed E-state index contributed by atoms with van der Waals surface area (Å²) in [6.45, 7) is 6.95. The van der Waals surface area contributed by atoms with E-state index in [9.17, 15) is 4.79 Å². The average Bonchev–Trinajstić information content (AvgIpc) is 3.28. The summed E-state index contributed by atoms with van der Waals surface area (Å²) >= 11 is 7.01. The largest absolute Gasteiger partial charge is 0.358 e. The van der Waals surface area contributed by atoms with E-state index < -0.39 is 0 Å². The fraction of sp³-hybridized carbons (Fsp3) is 0.579. The van der Waals surface area contributed by atoms with Gasteiger partial charge in [0.15, 0.2) is 0 Å². The number of likely N-dealkylation sites (tertiary alicyclic amines) is 2.